The summed E-state index contributed by atoms with van der Waals surface area (Å²) in [4.78, 5) is 23.0. The monoisotopic (exact) mass is 299 g/mol. The first-order chi connectivity index (χ1) is 9.47. The molecule has 3 N–H and O–H groups in total. The molecule has 0 aromatic heterocycles. The van der Waals surface area contributed by atoms with Crippen molar-refractivity contribution in [3.63, 3.8) is 0 Å². The van der Waals surface area contributed by atoms with Crippen LogP contribution >= 0.6 is 11.6 Å². The van der Waals surface area contributed by atoms with Crippen molar-refractivity contribution in [3.05, 3.63) is 23.2 Å². The molecule has 6 nitrogen and oxygen atoms in total. The number of urea groups is 1. The number of nitrogens with one attached hydrogen (secondary N) is 3. The van der Waals surface area contributed by atoms with Gasteiger partial charge in [-0.25, -0.2) is 4.79 Å². The fourth-order valence-electron chi connectivity index (χ4n) is 1.50. The van der Waals surface area contributed by atoms with Crippen molar-refractivity contribution in [1.82, 2.24) is 10.6 Å². The minimum atomic E-state index is -0.581. The van der Waals surface area contributed by atoms with Gasteiger partial charge in [0.15, 0.2) is 0 Å². The van der Waals surface area contributed by atoms with Crippen LogP contribution in [0.2, 0.25) is 5.02 Å². The molecule has 7 heteroatoms. The van der Waals surface area contributed by atoms with Gasteiger partial charge in [-0.05, 0) is 32.0 Å². The lowest BCUT2D eigenvalue weighted by Crippen LogP contribution is -2.45. The molecule has 0 saturated heterocycles. The maximum absolute atomic E-state index is 11.7. The van der Waals surface area contributed by atoms with Crippen molar-refractivity contribution in [2.24, 2.45) is 0 Å². The molecule has 1 atom stereocenters. The largest absolute Gasteiger partial charge is 0.495 e. The molecular weight excluding hydrogens is 282 g/mol. The summed E-state index contributed by atoms with van der Waals surface area (Å²) in [6.07, 6.45) is 0. The molecule has 0 saturated carbocycles. The average molecular weight is 300 g/mol. The Bertz CT molecular complexity index is 494. The summed E-state index contributed by atoms with van der Waals surface area (Å²) in [5.41, 5.74) is 0.661. The van der Waals surface area contributed by atoms with Crippen LogP contribution in [0, 0.1) is 0 Å². The Labute approximate surface area is 122 Å². The number of halogens is 1. The van der Waals surface area contributed by atoms with E-state index < -0.39 is 18.0 Å². The molecule has 0 fully saturated rings. The Morgan fingerprint density at radius 1 is 1.40 bits per heavy atom. The van der Waals surface area contributed by atoms with Gasteiger partial charge in [0.1, 0.15) is 11.8 Å². The third kappa shape index (κ3) is 4.62. The number of anilines is 1. The number of hydrogen-bond donors (Lipinski definition) is 3. The molecule has 0 unspecified atom stereocenters. The molecule has 0 aliphatic heterocycles. The summed E-state index contributed by atoms with van der Waals surface area (Å²) in [5.74, 6) is 0.125. The van der Waals surface area contributed by atoms with E-state index in [0.717, 1.165) is 0 Å². The molecule has 0 heterocycles. The summed E-state index contributed by atoms with van der Waals surface area (Å²) >= 11 is 5.99. The molecule has 110 valence electrons. The van der Waals surface area contributed by atoms with E-state index in [-0.39, 0.29) is 0 Å². The quantitative estimate of drug-likeness (QED) is 0.777. The van der Waals surface area contributed by atoms with E-state index in [2.05, 4.69) is 16.0 Å². The molecule has 0 aliphatic carbocycles. The van der Waals surface area contributed by atoms with Crippen LogP contribution in [-0.4, -0.2) is 31.6 Å². The smallest absolute Gasteiger partial charge is 0.321 e. The molecule has 1 rings (SSSR count). The lowest BCUT2D eigenvalue weighted by molar-refractivity contribution is -0.120. The van der Waals surface area contributed by atoms with Gasteiger partial charge >= 0.3 is 6.03 Å². The number of amides is 3. The normalized spacial score (nSPS) is 11.4. The first-order valence-corrected chi connectivity index (χ1v) is 6.54. The lowest BCUT2D eigenvalue weighted by atomic mass is 10.2. The van der Waals surface area contributed by atoms with Gasteiger partial charge in [-0.3, -0.25) is 10.1 Å². The first-order valence-electron chi connectivity index (χ1n) is 6.16. The lowest BCUT2D eigenvalue weighted by Gasteiger charge is -2.15. The molecule has 3 amide bonds. The number of methoxy groups -OCH3 is 1. The summed E-state index contributed by atoms with van der Waals surface area (Å²) in [5, 5.41) is 8.10. The fraction of sp³-hybridized carbons (Fsp3) is 0.385. The highest BCUT2D eigenvalue weighted by molar-refractivity contribution is 6.32. The van der Waals surface area contributed by atoms with Crippen LogP contribution in [0.5, 0.6) is 5.75 Å². The third-order valence-electron chi connectivity index (χ3n) is 2.50. The van der Waals surface area contributed by atoms with E-state index in [9.17, 15) is 9.59 Å². The highest BCUT2D eigenvalue weighted by Crippen LogP contribution is 2.27. The standard InChI is InChI=1S/C13H18ClN3O3/c1-4-15-13(19)17-12(18)8(2)16-9-5-6-11(20-3)10(14)7-9/h5-8,16H,4H2,1-3H3,(H2,15,17,18,19)/t8-/m1/s1. The Morgan fingerprint density at radius 3 is 2.65 bits per heavy atom. The number of benzene rings is 1. The van der Waals surface area contributed by atoms with E-state index in [1.54, 1.807) is 32.0 Å². The SMILES string of the molecule is CCNC(=O)NC(=O)[C@@H](C)Nc1ccc(OC)c(Cl)c1. The van der Waals surface area contributed by atoms with Crippen LogP contribution in [-0.2, 0) is 4.79 Å². The van der Waals surface area contributed by atoms with Crippen LogP contribution < -0.4 is 20.7 Å². The maximum atomic E-state index is 11.7. The van der Waals surface area contributed by atoms with Gasteiger partial charge < -0.3 is 15.4 Å². The summed E-state index contributed by atoms with van der Waals surface area (Å²) in [6, 6.07) is 3.98. The van der Waals surface area contributed by atoms with Crippen LogP contribution in [0.3, 0.4) is 0 Å². The number of ether oxygens (including phenoxy) is 1. The molecule has 0 bridgehead atoms. The number of imide groups is 1. The van der Waals surface area contributed by atoms with Crippen LogP contribution in [0.4, 0.5) is 10.5 Å². The Hall–Kier alpha value is -1.95. The molecule has 20 heavy (non-hydrogen) atoms. The molecule has 1 aromatic rings. The van der Waals surface area contributed by atoms with Crippen molar-refractivity contribution in [2.75, 3.05) is 19.0 Å². The predicted molar refractivity (Wildman–Crippen MR) is 78.3 cm³/mol. The van der Waals surface area contributed by atoms with Gasteiger partial charge in [-0.15, -0.1) is 0 Å². The Kier molecular flexibility index (Phi) is 6.11. The van der Waals surface area contributed by atoms with E-state index in [1.807, 2.05) is 0 Å². The van der Waals surface area contributed by atoms with Gasteiger partial charge in [0.05, 0.1) is 12.1 Å². The van der Waals surface area contributed by atoms with E-state index >= 15 is 0 Å². The number of carbonyl (C=O) groups excluding carboxylic acids is 2. The number of hydrogen-bond acceptors (Lipinski definition) is 4. The maximum Gasteiger partial charge on any atom is 0.321 e. The molecule has 0 spiro atoms. The first kappa shape index (κ1) is 16.1. The van der Waals surface area contributed by atoms with Gasteiger partial charge in [-0.1, -0.05) is 11.6 Å². The molecule has 0 aliphatic rings. The Balaban J connectivity index is 2.61. The van der Waals surface area contributed by atoms with Crippen LogP contribution in [0.15, 0.2) is 18.2 Å². The third-order valence-corrected chi connectivity index (χ3v) is 2.80. The van der Waals surface area contributed by atoms with Gasteiger partial charge in [0.25, 0.3) is 0 Å². The summed E-state index contributed by atoms with van der Waals surface area (Å²) in [7, 11) is 1.52. The number of rotatable bonds is 5. The summed E-state index contributed by atoms with van der Waals surface area (Å²) in [6.45, 7) is 3.87. The summed E-state index contributed by atoms with van der Waals surface area (Å²) < 4.78 is 5.04. The second-order valence-corrected chi connectivity index (χ2v) is 4.47. The fourth-order valence-corrected chi connectivity index (χ4v) is 1.75. The Morgan fingerprint density at radius 2 is 2.10 bits per heavy atom. The van der Waals surface area contributed by atoms with Gasteiger partial charge in [0, 0.05) is 12.2 Å². The zero-order valence-electron chi connectivity index (χ0n) is 11.6. The van der Waals surface area contributed by atoms with Crippen molar-refractivity contribution < 1.29 is 14.3 Å². The average Bonchev–Trinajstić information content (AvgIpc) is 2.39. The van der Waals surface area contributed by atoms with Crippen molar-refractivity contribution in [3.8, 4) is 5.75 Å². The van der Waals surface area contributed by atoms with Crippen molar-refractivity contribution >= 4 is 29.2 Å². The number of carbonyl (C=O) groups is 2. The van der Waals surface area contributed by atoms with Crippen LogP contribution in [0.1, 0.15) is 13.8 Å². The van der Waals surface area contributed by atoms with Crippen LogP contribution in [0.25, 0.3) is 0 Å². The molecular formula is C13H18ClN3O3. The van der Waals surface area contributed by atoms with E-state index in [4.69, 9.17) is 16.3 Å². The minimum Gasteiger partial charge on any atom is -0.495 e. The zero-order chi connectivity index (χ0) is 15.1. The van der Waals surface area contributed by atoms with E-state index in [0.29, 0.717) is 23.0 Å². The highest BCUT2D eigenvalue weighted by Gasteiger charge is 2.15. The van der Waals surface area contributed by atoms with Crippen molar-refractivity contribution in [1.29, 1.82) is 0 Å². The van der Waals surface area contributed by atoms with Gasteiger partial charge in [-0.2, -0.15) is 0 Å². The van der Waals surface area contributed by atoms with Gasteiger partial charge in [0.2, 0.25) is 5.91 Å². The second-order valence-electron chi connectivity index (χ2n) is 4.06. The minimum absolute atomic E-state index is 0.428. The second kappa shape index (κ2) is 7.59. The predicted octanol–water partition coefficient (Wildman–Crippen LogP) is 1.99. The van der Waals surface area contributed by atoms with Crippen molar-refractivity contribution in [2.45, 2.75) is 19.9 Å². The molecule has 1 aromatic carbocycles. The molecule has 0 radical (unpaired) electrons. The topological polar surface area (TPSA) is 79.5 Å². The highest BCUT2D eigenvalue weighted by atomic mass is 35.5. The van der Waals surface area contributed by atoms with E-state index in [1.165, 1.54) is 7.11 Å². The zero-order valence-corrected chi connectivity index (χ0v) is 12.4.